The van der Waals surface area contributed by atoms with E-state index in [9.17, 15) is 0 Å². The van der Waals surface area contributed by atoms with Gasteiger partial charge in [-0.2, -0.15) is 4.98 Å². The Morgan fingerprint density at radius 1 is 1.08 bits per heavy atom. The van der Waals surface area contributed by atoms with Gasteiger partial charge in [0.05, 0.1) is 24.1 Å². The van der Waals surface area contributed by atoms with Crippen LogP contribution in [0.25, 0.3) is 11.1 Å². The van der Waals surface area contributed by atoms with Crippen molar-refractivity contribution < 1.29 is 9.15 Å². The molecule has 2 atom stereocenters. The van der Waals surface area contributed by atoms with Gasteiger partial charge in [0, 0.05) is 13.1 Å². The summed E-state index contributed by atoms with van der Waals surface area (Å²) in [5, 5.41) is 3.16. The Hall–Kier alpha value is -2.60. The third kappa shape index (κ3) is 3.05. The van der Waals surface area contributed by atoms with Crippen molar-refractivity contribution in [3.05, 3.63) is 42.6 Å². The van der Waals surface area contributed by atoms with E-state index in [-0.39, 0.29) is 12.2 Å². The van der Waals surface area contributed by atoms with Crippen LogP contribution in [0.15, 0.2) is 47.0 Å². The maximum absolute atomic E-state index is 5.77. The van der Waals surface area contributed by atoms with Gasteiger partial charge in [-0.25, -0.2) is 4.98 Å². The number of aromatic nitrogens is 2. The molecule has 1 fully saturated rings. The molecule has 3 heterocycles. The summed E-state index contributed by atoms with van der Waals surface area (Å²) in [5.41, 5.74) is 2.45. The topological polar surface area (TPSA) is 63.4 Å². The fourth-order valence-corrected chi connectivity index (χ4v) is 3.06. The summed E-state index contributed by atoms with van der Waals surface area (Å²) < 4.78 is 11.4. The molecule has 0 saturated carbocycles. The minimum absolute atomic E-state index is 0.216. The highest BCUT2D eigenvalue weighted by atomic mass is 16.5. The van der Waals surface area contributed by atoms with Gasteiger partial charge in [0.25, 0.3) is 6.01 Å². The lowest BCUT2D eigenvalue weighted by Crippen LogP contribution is -2.45. The predicted molar refractivity (Wildman–Crippen MR) is 93.8 cm³/mol. The molecular weight excluding hydrogens is 304 g/mol. The number of morpholine rings is 1. The zero-order chi connectivity index (χ0) is 16.5. The highest BCUT2D eigenvalue weighted by Crippen LogP contribution is 2.23. The summed E-state index contributed by atoms with van der Waals surface area (Å²) in [5.74, 6) is 0.958. The monoisotopic (exact) mass is 324 g/mol. The maximum atomic E-state index is 5.77. The normalized spacial score (nSPS) is 21.2. The lowest BCUT2D eigenvalue weighted by Gasteiger charge is -2.36. The number of nitrogens with zero attached hydrogens (tertiary/aromatic N) is 3. The number of fused-ring (bicyclic) bond motifs is 1. The van der Waals surface area contributed by atoms with Crippen LogP contribution in [0.1, 0.15) is 13.8 Å². The van der Waals surface area contributed by atoms with Crippen molar-refractivity contribution in [2.45, 2.75) is 26.1 Å². The van der Waals surface area contributed by atoms with Gasteiger partial charge in [-0.3, -0.25) is 0 Å². The first-order valence-corrected chi connectivity index (χ1v) is 8.16. The van der Waals surface area contributed by atoms with Gasteiger partial charge in [-0.15, -0.1) is 0 Å². The van der Waals surface area contributed by atoms with Gasteiger partial charge in [0.1, 0.15) is 11.3 Å². The third-order valence-electron chi connectivity index (χ3n) is 4.04. The summed E-state index contributed by atoms with van der Waals surface area (Å²) in [7, 11) is 0. The lowest BCUT2D eigenvalue weighted by atomic mass is 10.2. The second-order valence-corrected chi connectivity index (χ2v) is 6.18. The van der Waals surface area contributed by atoms with Crippen molar-refractivity contribution in [1.82, 2.24) is 9.97 Å². The van der Waals surface area contributed by atoms with Crippen molar-refractivity contribution in [2.24, 2.45) is 0 Å². The van der Waals surface area contributed by atoms with E-state index in [1.807, 2.05) is 36.4 Å². The van der Waals surface area contributed by atoms with E-state index in [0.29, 0.717) is 6.01 Å². The molecule has 1 N–H and O–H groups in total. The molecule has 0 amide bonds. The summed E-state index contributed by atoms with van der Waals surface area (Å²) in [6.45, 7) is 5.89. The van der Waals surface area contributed by atoms with Crippen LogP contribution in [-0.4, -0.2) is 35.3 Å². The zero-order valence-electron chi connectivity index (χ0n) is 13.8. The zero-order valence-corrected chi connectivity index (χ0v) is 13.8. The van der Waals surface area contributed by atoms with Crippen LogP contribution in [0.4, 0.5) is 17.5 Å². The van der Waals surface area contributed by atoms with E-state index in [4.69, 9.17) is 9.15 Å². The van der Waals surface area contributed by atoms with Gasteiger partial charge in [-0.1, -0.05) is 12.1 Å². The molecule has 3 aromatic rings. The quantitative estimate of drug-likeness (QED) is 0.794. The molecule has 124 valence electrons. The van der Waals surface area contributed by atoms with Crippen molar-refractivity contribution in [1.29, 1.82) is 0 Å². The number of hydrogen-bond acceptors (Lipinski definition) is 6. The molecule has 0 bridgehead atoms. The molecule has 24 heavy (non-hydrogen) atoms. The minimum atomic E-state index is 0.216. The molecule has 2 aromatic heterocycles. The summed E-state index contributed by atoms with van der Waals surface area (Å²) >= 11 is 0. The Balaban J connectivity index is 1.49. The summed E-state index contributed by atoms with van der Waals surface area (Å²) in [4.78, 5) is 11.2. The fraction of sp³-hybridized carbons (Fsp3) is 0.333. The van der Waals surface area contributed by atoms with E-state index in [0.717, 1.165) is 35.7 Å². The van der Waals surface area contributed by atoms with Crippen LogP contribution < -0.4 is 10.2 Å². The van der Waals surface area contributed by atoms with Crippen molar-refractivity contribution in [2.75, 3.05) is 23.3 Å². The number of nitrogens with one attached hydrogen (secondary N) is 1. The van der Waals surface area contributed by atoms with Crippen molar-refractivity contribution >= 4 is 28.6 Å². The number of para-hydroxylation sites is 2. The molecule has 2 unspecified atom stereocenters. The average Bonchev–Trinajstić information content (AvgIpc) is 2.97. The molecule has 6 heteroatoms. The molecule has 0 radical (unpaired) electrons. The molecule has 1 aliphatic rings. The Kier molecular flexibility index (Phi) is 3.82. The van der Waals surface area contributed by atoms with Crippen LogP contribution in [0.2, 0.25) is 0 Å². The smallest absolute Gasteiger partial charge is 0.300 e. The number of pyridine rings is 1. The number of anilines is 3. The largest absolute Gasteiger partial charge is 0.423 e. The van der Waals surface area contributed by atoms with Crippen molar-refractivity contribution in [3.8, 4) is 0 Å². The highest BCUT2D eigenvalue weighted by Gasteiger charge is 2.23. The third-order valence-corrected chi connectivity index (χ3v) is 4.04. The van der Waals surface area contributed by atoms with E-state index in [2.05, 4.69) is 34.0 Å². The summed E-state index contributed by atoms with van der Waals surface area (Å²) in [6.07, 6.45) is 2.23. The number of hydrogen-bond donors (Lipinski definition) is 1. The fourth-order valence-electron chi connectivity index (χ4n) is 3.06. The van der Waals surface area contributed by atoms with E-state index < -0.39 is 0 Å². The van der Waals surface area contributed by atoms with Crippen molar-refractivity contribution in [3.63, 3.8) is 0 Å². The Bertz CT molecular complexity index is 787. The Labute approximate surface area is 140 Å². The van der Waals surface area contributed by atoms with Gasteiger partial charge >= 0.3 is 0 Å². The van der Waals surface area contributed by atoms with Gasteiger partial charge < -0.3 is 19.4 Å². The molecule has 4 rings (SSSR count). The Morgan fingerprint density at radius 2 is 1.88 bits per heavy atom. The highest BCUT2D eigenvalue weighted by molar-refractivity contribution is 5.75. The summed E-state index contributed by atoms with van der Waals surface area (Å²) in [6, 6.07) is 12.2. The lowest BCUT2D eigenvalue weighted by molar-refractivity contribution is -0.00545. The van der Waals surface area contributed by atoms with Crippen LogP contribution in [-0.2, 0) is 4.74 Å². The molecule has 1 saturated heterocycles. The molecule has 1 aromatic carbocycles. The number of ether oxygens (including phenoxy) is 1. The second kappa shape index (κ2) is 6.13. The first-order valence-electron chi connectivity index (χ1n) is 8.16. The van der Waals surface area contributed by atoms with E-state index in [1.165, 1.54) is 0 Å². The van der Waals surface area contributed by atoms with Crippen LogP contribution >= 0.6 is 0 Å². The maximum Gasteiger partial charge on any atom is 0.300 e. The molecule has 0 spiro atoms. The number of rotatable bonds is 3. The molecular formula is C18H20N4O2. The molecule has 1 aliphatic heterocycles. The van der Waals surface area contributed by atoms with Gasteiger partial charge in [-0.05, 0) is 38.1 Å². The van der Waals surface area contributed by atoms with E-state index >= 15 is 0 Å². The van der Waals surface area contributed by atoms with Crippen LogP contribution in [0.3, 0.4) is 0 Å². The van der Waals surface area contributed by atoms with Crippen LogP contribution in [0, 0.1) is 0 Å². The van der Waals surface area contributed by atoms with Gasteiger partial charge in [0.15, 0.2) is 5.58 Å². The van der Waals surface area contributed by atoms with Gasteiger partial charge in [0.2, 0.25) is 0 Å². The Morgan fingerprint density at radius 3 is 2.58 bits per heavy atom. The first-order chi connectivity index (χ1) is 11.7. The number of oxazole rings is 1. The number of benzene rings is 1. The minimum Gasteiger partial charge on any atom is -0.423 e. The predicted octanol–water partition coefficient (Wildman–Crippen LogP) is 3.58. The first kappa shape index (κ1) is 15.0. The molecule has 0 aliphatic carbocycles. The molecule has 6 nitrogen and oxygen atoms in total. The van der Waals surface area contributed by atoms with E-state index in [1.54, 1.807) is 6.20 Å². The average molecular weight is 324 g/mol. The van der Waals surface area contributed by atoms with Crippen LogP contribution in [0.5, 0.6) is 0 Å². The standard InChI is InChI=1S/C18H20N4O2/c1-12-10-22(11-13(2)23-12)17-8-7-14(9-19-17)20-18-21-15-5-3-4-6-16(15)24-18/h3-9,12-13H,10-11H2,1-2H3,(H,20,21). The SMILES string of the molecule is CC1CN(c2ccc(Nc3nc4ccccc4o3)cn2)CC(C)O1. The second-order valence-electron chi connectivity index (χ2n) is 6.18.